The van der Waals surface area contributed by atoms with Gasteiger partial charge in [0.25, 0.3) is 0 Å². The van der Waals surface area contributed by atoms with Crippen LogP contribution in [0.5, 0.6) is 5.75 Å². The van der Waals surface area contributed by atoms with Crippen molar-refractivity contribution in [2.24, 2.45) is 0 Å². The minimum Gasteiger partial charge on any atom is -0.493 e. The monoisotopic (exact) mass is 226 g/mol. The fourth-order valence-electron chi connectivity index (χ4n) is 2.21. The number of pyridine rings is 1. The predicted octanol–water partition coefficient (Wildman–Crippen LogP) is 2.19. The molecule has 2 heterocycles. The van der Waals surface area contributed by atoms with E-state index in [4.69, 9.17) is 10.5 Å². The van der Waals surface area contributed by atoms with Crippen molar-refractivity contribution in [1.29, 1.82) is 0 Å². The van der Waals surface area contributed by atoms with Gasteiger partial charge >= 0.3 is 0 Å². The zero-order valence-corrected chi connectivity index (χ0v) is 9.52. The van der Waals surface area contributed by atoms with Crippen LogP contribution in [0, 0.1) is 0 Å². The third-order valence-corrected chi connectivity index (χ3v) is 3.12. The lowest BCUT2D eigenvalue weighted by atomic mass is 10.0. The summed E-state index contributed by atoms with van der Waals surface area (Å²) in [4.78, 5) is 4.11. The van der Waals surface area contributed by atoms with Crippen LogP contribution >= 0.6 is 0 Å². The van der Waals surface area contributed by atoms with Crippen LogP contribution < -0.4 is 10.5 Å². The van der Waals surface area contributed by atoms with E-state index >= 15 is 0 Å². The van der Waals surface area contributed by atoms with E-state index in [1.807, 2.05) is 12.3 Å². The van der Waals surface area contributed by atoms with Crippen LogP contribution in [0.25, 0.3) is 0 Å². The highest BCUT2D eigenvalue weighted by Crippen LogP contribution is 2.31. The summed E-state index contributed by atoms with van der Waals surface area (Å²) < 4.78 is 5.68. The molecule has 0 saturated carbocycles. The molecular weight excluding hydrogens is 212 g/mol. The lowest BCUT2D eigenvalue weighted by Crippen LogP contribution is -1.98. The van der Waals surface area contributed by atoms with E-state index in [1.54, 1.807) is 6.20 Å². The van der Waals surface area contributed by atoms with Gasteiger partial charge in [0, 0.05) is 30.9 Å². The number of para-hydroxylation sites is 1. The zero-order chi connectivity index (χ0) is 11.7. The van der Waals surface area contributed by atoms with Gasteiger partial charge in [-0.1, -0.05) is 18.2 Å². The highest BCUT2D eigenvalue weighted by molar-refractivity contribution is 5.51. The minimum absolute atomic E-state index is 0.781. The van der Waals surface area contributed by atoms with Gasteiger partial charge in [-0.15, -0.1) is 0 Å². The first-order valence-electron chi connectivity index (χ1n) is 5.76. The van der Waals surface area contributed by atoms with Crippen molar-refractivity contribution < 1.29 is 4.74 Å². The maximum absolute atomic E-state index is 5.93. The molecule has 3 rings (SSSR count). The topological polar surface area (TPSA) is 48.1 Å². The Labute approximate surface area is 100 Å². The molecule has 0 unspecified atom stereocenters. The number of hydrogen-bond donors (Lipinski definition) is 1. The summed E-state index contributed by atoms with van der Waals surface area (Å²) >= 11 is 0. The van der Waals surface area contributed by atoms with Crippen molar-refractivity contribution in [3.63, 3.8) is 0 Å². The van der Waals surface area contributed by atoms with Crippen molar-refractivity contribution in [3.8, 4) is 5.75 Å². The van der Waals surface area contributed by atoms with E-state index in [0.29, 0.717) is 0 Å². The Kier molecular flexibility index (Phi) is 2.44. The number of nitrogens with zero attached hydrogens (tertiary/aromatic N) is 1. The van der Waals surface area contributed by atoms with E-state index in [9.17, 15) is 0 Å². The molecule has 1 aromatic carbocycles. The number of ether oxygens (including phenoxy) is 1. The van der Waals surface area contributed by atoms with Gasteiger partial charge in [0.1, 0.15) is 5.75 Å². The Morgan fingerprint density at radius 1 is 1.24 bits per heavy atom. The molecule has 3 heteroatoms. The fraction of sp³-hybridized carbons (Fsp3) is 0.214. The largest absolute Gasteiger partial charge is 0.493 e. The molecule has 1 aromatic heterocycles. The second-order valence-corrected chi connectivity index (χ2v) is 4.26. The molecule has 0 atom stereocenters. The third kappa shape index (κ3) is 1.84. The zero-order valence-electron chi connectivity index (χ0n) is 9.52. The summed E-state index contributed by atoms with van der Waals surface area (Å²) in [6.07, 6.45) is 5.32. The predicted molar refractivity (Wildman–Crippen MR) is 67.1 cm³/mol. The molecule has 86 valence electrons. The number of benzene rings is 1. The van der Waals surface area contributed by atoms with Gasteiger partial charge in [-0.2, -0.15) is 0 Å². The molecule has 2 aromatic rings. The first-order valence-corrected chi connectivity index (χ1v) is 5.76. The van der Waals surface area contributed by atoms with Crippen LogP contribution in [0.1, 0.15) is 16.7 Å². The lowest BCUT2D eigenvalue weighted by Gasteiger charge is -2.09. The highest BCUT2D eigenvalue weighted by atomic mass is 16.5. The smallest absolute Gasteiger partial charge is 0.126 e. The average molecular weight is 226 g/mol. The number of fused-ring (bicyclic) bond motifs is 1. The molecular formula is C14H14N2O. The number of hydrogen-bond acceptors (Lipinski definition) is 3. The molecule has 2 N–H and O–H groups in total. The van der Waals surface area contributed by atoms with Crippen molar-refractivity contribution in [3.05, 3.63) is 53.3 Å². The Morgan fingerprint density at radius 3 is 3.06 bits per heavy atom. The first-order chi connectivity index (χ1) is 8.34. The third-order valence-electron chi connectivity index (χ3n) is 3.12. The maximum Gasteiger partial charge on any atom is 0.126 e. The van der Waals surface area contributed by atoms with Crippen LogP contribution in [-0.4, -0.2) is 11.6 Å². The second-order valence-electron chi connectivity index (χ2n) is 4.26. The van der Waals surface area contributed by atoms with Crippen molar-refractivity contribution in [2.45, 2.75) is 12.8 Å². The van der Waals surface area contributed by atoms with E-state index in [2.05, 4.69) is 23.2 Å². The number of anilines is 1. The van der Waals surface area contributed by atoms with Crippen LogP contribution in [0.3, 0.4) is 0 Å². The van der Waals surface area contributed by atoms with Crippen molar-refractivity contribution in [2.75, 3.05) is 12.3 Å². The highest BCUT2D eigenvalue weighted by Gasteiger charge is 2.16. The lowest BCUT2D eigenvalue weighted by molar-refractivity contribution is 0.354. The molecule has 0 bridgehead atoms. The molecule has 0 radical (unpaired) electrons. The van der Waals surface area contributed by atoms with Gasteiger partial charge in [0.2, 0.25) is 0 Å². The number of rotatable bonds is 2. The Hall–Kier alpha value is -2.03. The van der Waals surface area contributed by atoms with E-state index in [0.717, 1.165) is 36.4 Å². The van der Waals surface area contributed by atoms with Gasteiger partial charge in [0.05, 0.1) is 6.61 Å². The molecule has 0 saturated heterocycles. The molecule has 1 aliphatic heterocycles. The quantitative estimate of drug-likeness (QED) is 0.853. The standard InChI is InChI=1S/C14H14N2O/c15-13-4-6-16-9-12(13)8-11-3-1-2-10-5-7-17-14(10)11/h1-4,6,9H,5,7-8H2,(H2,15,16). The van der Waals surface area contributed by atoms with Gasteiger partial charge in [0.15, 0.2) is 0 Å². The number of aromatic nitrogens is 1. The summed E-state index contributed by atoms with van der Waals surface area (Å²) in [5.74, 6) is 1.04. The fourth-order valence-corrected chi connectivity index (χ4v) is 2.21. The Morgan fingerprint density at radius 2 is 2.18 bits per heavy atom. The van der Waals surface area contributed by atoms with Crippen LogP contribution in [0.2, 0.25) is 0 Å². The summed E-state index contributed by atoms with van der Waals surface area (Å²) in [5.41, 5.74) is 10.3. The van der Waals surface area contributed by atoms with Crippen LogP contribution in [-0.2, 0) is 12.8 Å². The molecule has 1 aliphatic rings. The van der Waals surface area contributed by atoms with E-state index < -0.39 is 0 Å². The number of nitrogens with two attached hydrogens (primary N) is 1. The second kappa shape index (κ2) is 4.09. The Bertz CT molecular complexity index is 552. The summed E-state index contributed by atoms with van der Waals surface area (Å²) in [6, 6.07) is 8.13. The van der Waals surface area contributed by atoms with Gasteiger partial charge in [-0.25, -0.2) is 0 Å². The SMILES string of the molecule is Nc1ccncc1Cc1cccc2c1OCC2. The molecule has 0 amide bonds. The summed E-state index contributed by atoms with van der Waals surface area (Å²) in [7, 11) is 0. The van der Waals surface area contributed by atoms with E-state index in [1.165, 1.54) is 11.1 Å². The van der Waals surface area contributed by atoms with Gasteiger partial charge in [-0.05, 0) is 22.8 Å². The first kappa shape index (κ1) is 10.1. The Balaban J connectivity index is 1.97. The molecule has 0 fully saturated rings. The minimum atomic E-state index is 0.781. The van der Waals surface area contributed by atoms with Crippen molar-refractivity contribution in [1.82, 2.24) is 4.98 Å². The van der Waals surface area contributed by atoms with E-state index in [-0.39, 0.29) is 0 Å². The molecule has 0 spiro atoms. The number of nitrogen functional groups attached to an aromatic ring is 1. The summed E-state index contributed by atoms with van der Waals surface area (Å²) in [6.45, 7) is 0.787. The maximum atomic E-state index is 5.93. The summed E-state index contributed by atoms with van der Waals surface area (Å²) in [5, 5.41) is 0. The van der Waals surface area contributed by atoms with Crippen LogP contribution in [0.4, 0.5) is 5.69 Å². The van der Waals surface area contributed by atoms with Gasteiger partial charge < -0.3 is 10.5 Å². The molecule has 17 heavy (non-hydrogen) atoms. The normalized spacial score (nSPS) is 13.2. The average Bonchev–Trinajstić information content (AvgIpc) is 2.81. The molecule has 0 aliphatic carbocycles. The van der Waals surface area contributed by atoms with Gasteiger partial charge in [-0.3, -0.25) is 4.98 Å². The molecule has 3 nitrogen and oxygen atoms in total. The van der Waals surface area contributed by atoms with Crippen LogP contribution in [0.15, 0.2) is 36.7 Å². The van der Waals surface area contributed by atoms with Crippen molar-refractivity contribution >= 4 is 5.69 Å².